The molecule has 0 bridgehead atoms. The number of amides is 1. The first-order valence-electron chi connectivity index (χ1n) is 9.15. The lowest BCUT2D eigenvalue weighted by Crippen LogP contribution is -2.61. The first-order chi connectivity index (χ1) is 12.9. The third-order valence-corrected chi connectivity index (χ3v) is 5.50. The Morgan fingerprint density at radius 2 is 1.78 bits per heavy atom. The molecule has 0 unspecified atom stereocenters. The van der Waals surface area contributed by atoms with Crippen molar-refractivity contribution in [3.8, 4) is 0 Å². The molecule has 0 radical (unpaired) electrons. The van der Waals surface area contributed by atoms with E-state index in [2.05, 4.69) is 23.1 Å². The summed E-state index contributed by atoms with van der Waals surface area (Å²) in [6, 6.07) is 13.8. The number of halogens is 3. The fourth-order valence-corrected chi connectivity index (χ4v) is 3.86. The van der Waals surface area contributed by atoms with Crippen molar-refractivity contribution in [2.45, 2.75) is 31.6 Å². The molecule has 2 aliphatic rings. The quantitative estimate of drug-likeness (QED) is 0.821. The van der Waals surface area contributed by atoms with Crippen LogP contribution in [-0.2, 0) is 30.4 Å². The summed E-state index contributed by atoms with van der Waals surface area (Å²) in [4.78, 5) is 16.5. The number of benzene rings is 2. The first kappa shape index (κ1) is 18.0. The first-order valence-corrected chi connectivity index (χ1v) is 9.15. The number of rotatable bonds is 3. The summed E-state index contributed by atoms with van der Waals surface area (Å²) in [5, 5.41) is 0. The highest BCUT2D eigenvalue weighted by atomic mass is 19.4. The van der Waals surface area contributed by atoms with Gasteiger partial charge in [0.2, 0.25) is 5.91 Å². The SMILES string of the molecule is O=C(Cc1cccc(C(F)(F)F)c1)N1CC(N2CCc3ccccc3C2)C1. The molecular formula is C21H21F3N2O. The van der Waals surface area contributed by atoms with Crippen molar-refractivity contribution in [3.05, 3.63) is 70.8 Å². The summed E-state index contributed by atoms with van der Waals surface area (Å²) in [6.45, 7) is 3.19. The summed E-state index contributed by atoms with van der Waals surface area (Å²) in [7, 11) is 0. The van der Waals surface area contributed by atoms with Gasteiger partial charge in [-0.15, -0.1) is 0 Å². The monoisotopic (exact) mass is 374 g/mol. The van der Waals surface area contributed by atoms with Crippen LogP contribution in [0.4, 0.5) is 13.2 Å². The van der Waals surface area contributed by atoms with E-state index < -0.39 is 11.7 Å². The van der Waals surface area contributed by atoms with Gasteiger partial charge in [0.05, 0.1) is 12.0 Å². The Bertz CT molecular complexity index is 843. The van der Waals surface area contributed by atoms with Gasteiger partial charge in [-0.1, -0.05) is 42.5 Å². The van der Waals surface area contributed by atoms with Crippen LogP contribution in [0.15, 0.2) is 48.5 Å². The third kappa shape index (κ3) is 3.86. The van der Waals surface area contributed by atoms with Crippen LogP contribution in [-0.4, -0.2) is 41.4 Å². The number of alkyl halides is 3. The van der Waals surface area contributed by atoms with E-state index in [4.69, 9.17) is 0 Å². The van der Waals surface area contributed by atoms with Gasteiger partial charge in [-0.2, -0.15) is 13.2 Å². The van der Waals surface area contributed by atoms with Crippen molar-refractivity contribution in [2.24, 2.45) is 0 Å². The van der Waals surface area contributed by atoms with Crippen LogP contribution in [0.1, 0.15) is 22.3 Å². The van der Waals surface area contributed by atoms with Gasteiger partial charge < -0.3 is 4.90 Å². The third-order valence-electron chi connectivity index (χ3n) is 5.50. The van der Waals surface area contributed by atoms with Gasteiger partial charge in [-0.3, -0.25) is 9.69 Å². The van der Waals surface area contributed by atoms with Gasteiger partial charge in [0.25, 0.3) is 0 Å². The maximum Gasteiger partial charge on any atom is 0.416 e. The Balaban J connectivity index is 1.32. The van der Waals surface area contributed by atoms with Gasteiger partial charge in [-0.05, 0) is 29.2 Å². The average molecular weight is 374 g/mol. The van der Waals surface area contributed by atoms with Crippen molar-refractivity contribution < 1.29 is 18.0 Å². The highest BCUT2D eigenvalue weighted by Crippen LogP contribution is 2.30. The molecule has 0 saturated carbocycles. The van der Waals surface area contributed by atoms with Crippen LogP contribution in [0.3, 0.4) is 0 Å². The van der Waals surface area contributed by atoms with Gasteiger partial charge in [0, 0.05) is 32.2 Å². The second kappa shape index (κ2) is 7.00. The van der Waals surface area contributed by atoms with Crippen molar-refractivity contribution in [3.63, 3.8) is 0 Å². The van der Waals surface area contributed by atoms with E-state index in [0.717, 1.165) is 31.6 Å². The minimum absolute atomic E-state index is 0.0134. The predicted molar refractivity (Wildman–Crippen MR) is 96.1 cm³/mol. The zero-order valence-electron chi connectivity index (χ0n) is 14.9. The Morgan fingerprint density at radius 1 is 1.04 bits per heavy atom. The summed E-state index contributed by atoms with van der Waals surface area (Å²) in [5.74, 6) is -0.108. The fraction of sp³-hybridized carbons (Fsp3) is 0.381. The molecular weight excluding hydrogens is 353 g/mol. The van der Waals surface area contributed by atoms with E-state index in [1.807, 2.05) is 6.07 Å². The highest BCUT2D eigenvalue weighted by molar-refractivity contribution is 5.79. The van der Waals surface area contributed by atoms with E-state index in [0.29, 0.717) is 24.7 Å². The number of carbonyl (C=O) groups is 1. The molecule has 0 aromatic heterocycles. The second-order valence-corrected chi connectivity index (χ2v) is 7.32. The summed E-state index contributed by atoms with van der Waals surface area (Å²) >= 11 is 0. The minimum Gasteiger partial charge on any atom is -0.339 e. The summed E-state index contributed by atoms with van der Waals surface area (Å²) < 4.78 is 38.4. The normalized spacial score (nSPS) is 18.1. The molecule has 0 spiro atoms. The van der Waals surface area contributed by atoms with E-state index in [-0.39, 0.29) is 12.3 Å². The Kier molecular flexibility index (Phi) is 4.68. The van der Waals surface area contributed by atoms with E-state index in [9.17, 15) is 18.0 Å². The van der Waals surface area contributed by atoms with E-state index in [1.165, 1.54) is 17.2 Å². The Labute approximate surface area is 156 Å². The maximum absolute atomic E-state index is 12.8. The van der Waals surface area contributed by atoms with Crippen LogP contribution in [0.25, 0.3) is 0 Å². The molecule has 27 heavy (non-hydrogen) atoms. The molecule has 2 aromatic rings. The van der Waals surface area contributed by atoms with Crippen molar-refractivity contribution in [2.75, 3.05) is 19.6 Å². The van der Waals surface area contributed by atoms with E-state index in [1.54, 1.807) is 11.0 Å². The molecule has 2 heterocycles. The lowest BCUT2D eigenvalue weighted by molar-refractivity contribution is -0.139. The van der Waals surface area contributed by atoms with Crippen LogP contribution < -0.4 is 0 Å². The fourth-order valence-electron chi connectivity index (χ4n) is 3.86. The zero-order valence-corrected chi connectivity index (χ0v) is 14.9. The molecule has 2 aliphatic heterocycles. The topological polar surface area (TPSA) is 23.6 Å². The number of fused-ring (bicyclic) bond motifs is 1. The second-order valence-electron chi connectivity index (χ2n) is 7.32. The van der Waals surface area contributed by atoms with Crippen LogP contribution in [0.5, 0.6) is 0 Å². The zero-order chi connectivity index (χ0) is 19.0. The Morgan fingerprint density at radius 3 is 2.52 bits per heavy atom. The molecule has 1 amide bonds. The molecule has 0 N–H and O–H groups in total. The average Bonchev–Trinajstić information content (AvgIpc) is 2.60. The maximum atomic E-state index is 12.8. The molecule has 142 valence electrons. The highest BCUT2D eigenvalue weighted by Gasteiger charge is 2.36. The van der Waals surface area contributed by atoms with Crippen LogP contribution in [0.2, 0.25) is 0 Å². The standard InChI is InChI=1S/C21H21F3N2O/c22-21(23,24)18-7-3-4-15(10-18)11-20(27)26-13-19(14-26)25-9-8-16-5-1-2-6-17(16)12-25/h1-7,10,19H,8-9,11-14H2. The van der Waals surface area contributed by atoms with Gasteiger partial charge in [0.1, 0.15) is 0 Å². The molecule has 4 rings (SSSR count). The molecule has 3 nitrogen and oxygen atoms in total. The Hall–Kier alpha value is -2.34. The molecule has 0 atom stereocenters. The number of likely N-dealkylation sites (tertiary alicyclic amines) is 1. The number of hydrogen-bond acceptors (Lipinski definition) is 2. The minimum atomic E-state index is -4.38. The van der Waals surface area contributed by atoms with Gasteiger partial charge >= 0.3 is 6.18 Å². The van der Waals surface area contributed by atoms with Crippen LogP contribution >= 0.6 is 0 Å². The molecule has 6 heteroatoms. The molecule has 0 aliphatic carbocycles. The lowest BCUT2D eigenvalue weighted by Gasteiger charge is -2.47. The molecule has 1 saturated heterocycles. The van der Waals surface area contributed by atoms with Crippen molar-refractivity contribution in [1.82, 2.24) is 9.80 Å². The number of carbonyl (C=O) groups excluding carboxylic acids is 1. The number of hydrogen-bond donors (Lipinski definition) is 0. The lowest BCUT2D eigenvalue weighted by atomic mass is 9.96. The summed E-state index contributed by atoms with van der Waals surface area (Å²) in [6.07, 6.45) is -3.35. The van der Waals surface area contributed by atoms with Crippen molar-refractivity contribution in [1.29, 1.82) is 0 Å². The smallest absolute Gasteiger partial charge is 0.339 e. The van der Waals surface area contributed by atoms with E-state index >= 15 is 0 Å². The van der Waals surface area contributed by atoms with Crippen molar-refractivity contribution >= 4 is 5.91 Å². The van der Waals surface area contributed by atoms with Gasteiger partial charge in [-0.25, -0.2) is 0 Å². The molecule has 1 fully saturated rings. The largest absolute Gasteiger partial charge is 0.416 e. The predicted octanol–water partition coefficient (Wildman–Crippen LogP) is 3.52. The number of nitrogens with zero attached hydrogens (tertiary/aromatic N) is 2. The summed E-state index contributed by atoms with van der Waals surface area (Å²) in [5.41, 5.74) is 2.44. The molecule has 2 aromatic carbocycles. The van der Waals surface area contributed by atoms with Gasteiger partial charge in [0.15, 0.2) is 0 Å². The van der Waals surface area contributed by atoms with Crippen LogP contribution in [0, 0.1) is 0 Å².